The normalized spacial score (nSPS) is 18.0. The average Bonchev–Trinajstić information content (AvgIpc) is 3.79. The quantitative estimate of drug-likeness (QED) is 0.170. The van der Waals surface area contributed by atoms with Gasteiger partial charge < -0.3 is 13.9 Å². The van der Waals surface area contributed by atoms with E-state index < -0.39 is 0 Å². The van der Waals surface area contributed by atoms with Crippen molar-refractivity contribution in [2.75, 3.05) is 4.90 Å². The number of furan rings is 1. The predicted octanol–water partition coefficient (Wildman–Crippen LogP) is 14.5. The molecule has 270 valence electrons. The molecule has 2 aliphatic carbocycles. The Balaban J connectivity index is 1.07. The molecule has 3 heteroatoms. The zero-order valence-electron chi connectivity index (χ0n) is 31.3. The molecule has 0 radical (unpaired) electrons. The summed E-state index contributed by atoms with van der Waals surface area (Å²) in [6.45, 7) is 4.32. The molecule has 0 bridgehead atoms. The minimum absolute atomic E-state index is 0.220. The molecular weight excluding hydrogens is 681 g/mol. The summed E-state index contributed by atoms with van der Waals surface area (Å²) in [4.78, 5) is 2.42. The maximum atomic E-state index is 6.29. The number of hydrogen-bond acceptors (Lipinski definition) is 2. The molecule has 0 spiro atoms. The van der Waals surface area contributed by atoms with Crippen molar-refractivity contribution >= 4 is 55.9 Å². The molecule has 2 unspecified atom stereocenters. The molecule has 6 aromatic carbocycles. The van der Waals surface area contributed by atoms with Crippen LogP contribution in [0, 0.1) is 0 Å². The number of hydrogen-bond donors (Lipinski definition) is 0. The van der Waals surface area contributed by atoms with E-state index >= 15 is 0 Å². The molecule has 2 heterocycles. The summed E-state index contributed by atoms with van der Waals surface area (Å²) in [6.07, 6.45) is 20.4. The third kappa shape index (κ3) is 6.21. The van der Waals surface area contributed by atoms with Crippen LogP contribution in [0.2, 0.25) is 0 Å². The second-order valence-corrected chi connectivity index (χ2v) is 14.9. The summed E-state index contributed by atoms with van der Waals surface area (Å²) in [7, 11) is 0. The van der Waals surface area contributed by atoms with Crippen molar-refractivity contribution in [3.8, 4) is 5.69 Å². The van der Waals surface area contributed by atoms with Crippen molar-refractivity contribution < 1.29 is 4.42 Å². The Kier molecular flexibility index (Phi) is 8.69. The highest BCUT2D eigenvalue weighted by molar-refractivity contribution is 6.10. The minimum Gasteiger partial charge on any atom is -0.456 e. The lowest BCUT2D eigenvalue weighted by Gasteiger charge is -2.27. The van der Waals surface area contributed by atoms with Crippen LogP contribution in [0.4, 0.5) is 17.1 Å². The van der Waals surface area contributed by atoms with Crippen LogP contribution >= 0.6 is 0 Å². The largest absolute Gasteiger partial charge is 0.456 e. The number of benzene rings is 6. The van der Waals surface area contributed by atoms with Gasteiger partial charge in [-0.1, -0.05) is 128 Å². The van der Waals surface area contributed by atoms with E-state index in [0.717, 1.165) is 58.9 Å². The van der Waals surface area contributed by atoms with E-state index in [1.165, 1.54) is 43.9 Å². The van der Waals surface area contributed by atoms with Crippen molar-refractivity contribution in [2.24, 2.45) is 0 Å². The molecular formula is C53H42N2O. The van der Waals surface area contributed by atoms with E-state index in [1.54, 1.807) is 0 Å². The Morgan fingerprint density at radius 1 is 0.571 bits per heavy atom. The predicted molar refractivity (Wildman–Crippen MR) is 236 cm³/mol. The smallest absolute Gasteiger partial charge is 0.135 e. The molecule has 2 aromatic heterocycles. The van der Waals surface area contributed by atoms with Gasteiger partial charge in [0.1, 0.15) is 11.3 Å². The summed E-state index contributed by atoms with van der Waals surface area (Å²) < 4.78 is 8.67. The topological polar surface area (TPSA) is 21.3 Å². The number of fused-ring (bicyclic) bond motifs is 6. The summed E-state index contributed by atoms with van der Waals surface area (Å²) in [5, 5.41) is 3.66. The molecule has 2 atom stereocenters. The van der Waals surface area contributed by atoms with E-state index in [1.807, 2.05) is 6.07 Å². The van der Waals surface area contributed by atoms with Crippen LogP contribution in [0.5, 0.6) is 0 Å². The van der Waals surface area contributed by atoms with Crippen LogP contribution < -0.4 is 4.90 Å². The molecule has 3 nitrogen and oxygen atoms in total. The van der Waals surface area contributed by atoms with Crippen molar-refractivity contribution in [1.29, 1.82) is 0 Å². The van der Waals surface area contributed by atoms with Crippen LogP contribution in [-0.4, -0.2) is 4.57 Å². The number of aromatic nitrogens is 1. The molecule has 0 fully saturated rings. The summed E-state index contributed by atoms with van der Waals surface area (Å²) >= 11 is 0. The molecule has 0 amide bonds. The third-order valence-corrected chi connectivity index (χ3v) is 11.5. The molecule has 56 heavy (non-hydrogen) atoms. The van der Waals surface area contributed by atoms with Crippen LogP contribution in [0.1, 0.15) is 47.1 Å². The van der Waals surface area contributed by atoms with Gasteiger partial charge in [-0.05, 0) is 109 Å². The van der Waals surface area contributed by atoms with Gasteiger partial charge in [0.25, 0.3) is 0 Å². The summed E-state index contributed by atoms with van der Waals surface area (Å²) in [5.74, 6) is 1.50. The lowest BCUT2D eigenvalue weighted by molar-refractivity contribution is 0.594. The fraction of sp³-hybridized carbons (Fsp3) is 0.0943. The molecule has 0 aliphatic heterocycles. The lowest BCUT2D eigenvalue weighted by atomic mass is 9.89. The van der Waals surface area contributed by atoms with Crippen LogP contribution in [0.3, 0.4) is 0 Å². The Morgan fingerprint density at radius 3 is 2.20 bits per heavy atom. The van der Waals surface area contributed by atoms with Crippen molar-refractivity contribution in [3.05, 3.63) is 223 Å². The molecule has 10 rings (SSSR count). The zero-order chi connectivity index (χ0) is 37.4. The van der Waals surface area contributed by atoms with Crippen molar-refractivity contribution in [3.63, 3.8) is 0 Å². The summed E-state index contributed by atoms with van der Waals surface area (Å²) in [6, 6.07) is 53.0. The van der Waals surface area contributed by atoms with E-state index in [2.05, 4.69) is 204 Å². The van der Waals surface area contributed by atoms with Crippen LogP contribution in [0.15, 0.2) is 205 Å². The van der Waals surface area contributed by atoms with Crippen LogP contribution in [0.25, 0.3) is 44.5 Å². The maximum Gasteiger partial charge on any atom is 0.135 e. The van der Waals surface area contributed by atoms with Gasteiger partial charge in [-0.2, -0.15) is 0 Å². The maximum absolute atomic E-state index is 6.29. The molecule has 0 saturated carbocycles. The van der Waals surface area contributed by atoms with Gasteiger partial charge >= 0.3 is 0 Å². The number of nitrogens with zero attached hydrogens (tertiary/aromatic N) is 2. The van der Waals surface area contributed by atoms with Gasteiger partial charge in [-0.3, -0.25) is 0 Å². The number of para-hydroxylation sites is 3. The number of rotatable bonds is 6. The first-order chi connectivity index (χ1) is 27.7. The van der Waals surface area contributed by atoms with Gasteiger partial charge in [0.15, 0.2) is 0 Å². The van der Waals surface area contributed by atoms with E-state index in [-0.39, 0.29) is 5.92 Å². The van der Waals surface area contributed by atoms with Gasteiger partial charge in [0, 0.05) is 56.3 Å². The number of allylic oxidation sites excluding steroid dienone is 8. The van der Waals surface area contributed by atoms with E-state index in [9.17, 15) is 0 Å². The highest BCUT2D eigenvalue weighted by Gasteiger charge is 2.21. The van der Waals surface area contributed by atoms with Gasteiger partial charge in [-0.25, -0.2) is 0 Å². The van der Waals surface area contributed by atoms with Gasteiger partial charge in [0.2, 0.25) is 0 Å². The third-order valence-electron chi connectivity index (χ3n) is 11.5. The first kappa shape index (κ1) is 33.7. The van der Waals surface area contributed by atoms with Gasteiger partial charge in [-0.15, -0.1) is 0 Å². The standard InChI is InChI=1S/C53H42N2O/c1-37-23-25-39(28-32-48-47-20-9-11-22-52(47)56-53(48)34-24-37)40-26-29-43(30-27-40)54(44-18-12-15-41(35-44)38-13-4-2-5-14-38)45-31-33-51-49(36-45)46-19-8-10-21-50(46)55(51)42-16-6-3-7-17-42/h2-13,15-27,29-31,33-36,38-39H,1,14,28,32H2/b25-23-,34-24-. The molecule has 2 aliphatic rings. The Labute approximate surface area is 328 Å². The zero-order valence-corrected chi connectivity index (χ0v) is 31.3. The second kappa shape index (κ2) is 14.4. The highest BCUT2D eigenvalue weighted by Crippen LogP contribution is 2.42. The Hall–Kier alpha value is -6.84. The fourth-order valence-electron chi connectivity index (χ4n) is 8.66. The fourth-order valence-corrected chi connectivity index (χ4v) is 8.66. The Bertz CT molecular complexity index is 2860. The summed E-state index contributed by atoms with van der Waals surface area (Å²) in [5.41, 5.74) is 12.7. The highest BCUT2D eigenvalue weighted by atomic mass is 16.3. The number of anilines is 3. The SMILES string of the molecule is C=C1/C=C\c2oc3ccccc3c2CCC(c2ccc(N(c3cccc(C4C=CC=CC4)c3)c3ccc4c(c3)c3ccccc3n4-c3ccccc3)cc2)/C=C\1. The van der Waals surface area contributed by atoms with Crippen molar-refractivity contribution in [1.82, 2.24) is 4.57 Å². The Morgan fingerprint density at radius 2 is 1.34 bits per heavy atom. The van der Waals surface area contributed by atoms with Gasteiger partial charge in [0.05, 0.1) is 11.0 Å². The number of aryl methyl sites for hydroxylation is 1. The average molecular weight is 723 g/mol. The van der Waals surface area contributed by atoms with Crippen molar-refractivity contribution in [2.45, 2.75) is 31.1 Å². The first-order valence-electron chi connectivity index (χ1n) is 19.7. The lowest BCUT2D eigenvalue weighted by Crippen LogP contribution is -2.11. The van der Waals surface area contributed by atoms with E-state index in [0.29, 0.717) is 5.92 Å². The second-order valence-electron chi connectivity index (χ2n) is 14.9. The molecule has 8 aromatic rings. The monoisotopic (exact) mass is 722 g/mol. The van der Waals surface area contributed by atoms with E-state index in [4.69, 9.17) is 4.42 Å². The molecule has 0 saturated heterocycles. The molecule has 0 N–H and O–H groups in total. The minimum atomic E-state index is 0.220. The van der Waals surface area contributed by atoms with Crippen LogP contribution in [-0.2, 0) is 6.42 Å². The first-order valence-corrected chi connectivity index (χ1v) is 19.7.